The van der Waals surface area contributed by atoms with Gasteiger partial charge in [-0.3, -0.25) is 19.6 Å². The topological polar surface area (TPSA) is 117 Å². The highest BCUT2D eigenvalue weighted by molar-refractivity contribution is 6.04. The van der Waals surface area contributed by atoms with Gasteiger partial charge in [0, 0.05) is 22.4 Å². The Morgan fingerprint density at radius 2 is 1.29 bits per heavy atom. The normalized spacial score (nSPS) is 10.1. The van der Waals surface area contributed by atoms with E-state index in [4.69, 9.17) is 9.94 Å². The van der Waals surface area contributed by atoms with Gasteiger partial charge in [0.15, 0.2) is 0 Å². The molecule has 158 valence electrons. The van der Waals surface area contributed by atoms with Crippen LogP contribution in [0.2, 0.25) is 0 Å². The molecule has 0 aromatic heterocycles. The number of hydrogen-bond donors (Lipinski definition) is 4. The number of hydroxylamine groups is 1. The highest BCUT2D eigenvalue weighted by Gasteiger charge is 2.08. The van der Waals surface area contributed by atoms with Gasteiger partial charge in [0.1, 0.15) is 12.4 Å². The number of hydrogen-bond acceptors (Lipinski definition) is 5. The Hall–Kier alpha value is -4.17. The Kier molecular flexibility index (Phi) is 7.34. The van der Waals surface area contributed by atoms with Gasteiger partial charge in [0.25, 0.3) is 17.7 Å². The number of carbonyl (C=O) groups is 3. The van der Waals surface area contributed by atoms with Crippen molar-refractivity contribution in [3.05, 3.63) is 95.6 Å². The van der Waals surface area contributed by atoms with Crippen molar-refractivity contribution in [1.82, 2.24) is 10.8 Å². The molecule has 0 aliphatic carbocycles. The third kappa shape index (κ3) is 6.15. The zero-order chi connectivity index (χ0) is 22.1. The summed E-state index contributed by atoms with van der Waals surface area (Å²) in [4.78, 5) is 35.7. The second-order valence-electron chi connectivity index (χ2n) is 6.47. The van der Waals surface area contributed by atoms with Crippen molar-refractivity contribution >= 4 is 23.4 Å². The van der Waals surface area contributed by atoms with Gasteiger partial charge in [-0.2, -0.15) is 0 Å². The van der Waals surface area contributed by atoms with Crippen LogP contribution in [0.25, 0.3) is 0 Å². The molecule has 0 heterocycles. The van der Waals surface area contributed by atoms with E-state index in [1.54, 1.807) is 66.1 Å². The third-order valence-electron chi connectivity index (χ3n) is 4.32. The molecule has 31 heavy (non-hydrogen) atoms. The van der Waals surface area contributed by atoms with Gasteiger partial charge in [-0.1, -0.05) is 18.2 Å². The first kappa shape index (κ1) is 21.5. The number of ether oxygens (including phenoxy) is 1. The summed E-state index contributed by atoms with van der Waals surface area (Å²) in [5.74, 6) is -0.564. The van der Waals surface area contributed by atoms with Crippen LogP contribution in [0.3, 0.4) is 0 Å². The number of amides is 3. The van der Waals surface area contributed by atoms with Gasteiger partial charge in [-0.05, 0) is 60.7 Å². The first-order valence-corrected chi connectivity index (χ1v) is 9.49. The van der Waals surface area contributed by atoms with E-state index in [1.165, 1.54) is 12.1 Å². The summed E-state index contributed by atoms with van der Waals surface area (Å²) < 4.78 is 5.51. The van der Waals surface area contributed by atoms with E-state index in [0.717, 1.165) is 0 Å². The molecule has 0 radical (unpaired) electrons. The van der Waals surface area contributed by atoms with Crippen LogP contribution in [0.1, 0.15) is 31.1 Å². The van der Waals surface area contributed by atoms with E-state index in [0.29, 0.717) is 28.1 Å². The maximum absolute atomic E-state index is 12.2. The quantitative estimate of drug-likeness (QED) is 0.255. The summed E-state index contributed by atoms with van der Waals surface area (Å²) in [6, 6.07) is 21.6. The van der Waals surface area contributed by atoms with Crippen molar-refractivity contribution in [2.75, 3.05) is 18.5 Å². The van der Waals surface area contributed by atoms with Gasteiger partial charge in [-0.25, -0.2) is 5.48 Å². The van der Waals surface area contributed by atoms with Crippen molar-refractivity contribution in [3.8, 4) is 5.75 Å². The van der Waals surface area contributed by atoms with Crippen molar-refractivity contribution in [3.63, 3.8) is 0 Å². The molecular weight excluding hydrogens is 398 g/mol. The summed E-state index contributed by atoms with van der Waals surface area (Å²) in [6.07, 6.45) is 0. The molecule has 0 atom stereocenters. The lowest BCUT2D eigenvalue weighted by Gasteiger charge is -2.09. The lowest BCUT2D eigenvalue weighted by atomic mass is 10.1. The van der Waals surface area contributed by atoms with E-state index in [-0.39, 0.29) is 25.0 Å². The van der Waals surface area contributed by atoms with Crippen LogP contribution < -0.4 is 20.9 Å². The van der Waals surface area contributed by atoms with Gasteiger partial charge in [0.2, 0.25) is 0 Å². The molecule has 3 rings (SSSR count). The van der Waals surface area contributed by atoms with Crippen molar-refractivity contribution in [1.29, 1.82) is 0 Å². The van der Waals surface area contributed by atoms with Crippen molar-refractivity contribution in [2.45, 2.75) is 0 Å². The predicted octanol–water partition coefficient (Wildman–Crippen LogP) is 2.87. The maximum Gasteiger partial charge on any atom is 0.274 e. The molecule has 3 amide bonds. The zero-order valence-electron chi connectivity index (χ0n) is 16.5. The molecule has 0 aliphatic heterocycles. The Balaban J connectivity index is 1.43. The first-order valence-electron chi connectivity index (χ1n) is 9.49. The van der Waals surface area contributed by atoms with Crippen LogP contribution in [0.4, 0.5) is 5.69 Å². The summed E-state index contributed by atoms with van der Waals surface area (Å²) >= 11 is 0. The van der Waals surface area contributed by atoms with Gasteiger partial charge in [-0.15, -0.1) is 0 Å². The van der Waals surface area contributed by atoms with Crippen LogP contribution in [-0.2, 0) is 0 Å². The summed E-state index contributed by atoms with van der Waals surface area (Å²) in [5, 5.41) is 14.1. The van der Waals surface area contributed by atoms with Crippen LogP contribution >= 0.6 is 0 Å². The molecule has 3 aromatic rings. The molecule has 0 unspecified atom stereocenters. The second kappa shape index (κ2) is 10.6. The SMILES string of the molecule is O=C(NO)c1ccc(OCCNC(=O)c2ccc(NC(=O)c3ccccc3)cc2)cc1. The minimum absolute atomic E-state index is 0.222. The zero-order valence-corrected chi connectivity index (χ0v) is 16.5. The fourth-order valence-electron chi connectivity index (χ4n) is 2.70. The minimum Gasteiger partial charge on any atom is -0.492 e. The number of carbonyl (C=O) groups excluding carboxylic acids is 3. The van der Waals surface area contributed by atoms with E-state index >= 15 is 0 Å². The van der Waals surface area contributed by atoms with Crippen molar-refractivity contribution < 1.29 is 24.3 Å². The molecule has 4 N–H and O–H groups in total. The Bertz CT molecular complexity index is 1040. The van der Waals surface area contributed by atoms with E-state index in [2.05, 4.69) is 10.6 Å². The number of rotatable bonds is 8. The fraction of sp³-hybridized carbons (Fsp3) is 0.0870. The lowest BCUT2D eigenvalue weighted by molar-refractivity contribution is 0.0706. The van der Waals surface area contributed by atoms with E-state index in [9.17, 15) is 14.4 Å². The molecule has 0 spiro atoms. The average Bonchev–Trinajstić information content (AvgIpc) is 2.82. The smallest absolute Gasteiger partial charge is 0.274 e. The lowest BCUT2D eigenvalue weighted by Crippen LogP contribution is -2.28. The van der Waals surface area contributed by atoms with Crippen LogP contribution in [0, 0.1) is 0 Å². The summed E-state index contributed by atoms with van der Waals surface area (Å²) in [7, 11) is 0. The highest BCUT2D eigenvalue weighted by atomic mass is 16.5. The molecule has 0 saturated heterocycles. The van der Waals surface area contributed by atoms with Gasteiger partial charge >= 0.3 is 0 Å². The molecular formula is C23H21N3O5. The summed E-state index contributed by atoms with van der Waals surface area (Å²) in [6.45, 7) is 0.521. The maximum atomic E-state index is 12.2. The Morgan fingerprint density at radius 1 is 0.710 bits per heavy atom. The number of anilines is 1. The Labute approximate surface area is 178 Å². The standard InChI is InChI=1S/C23H21N3O5/c27-21(24-14-15-31-20-12-8-18(9-13-20)23(29)26-30)17-6-10-19(11-7-17)25-22(28)16-4-2-1-3-5-16/h1-13,30H,14-15H2,(H,24,27)(H,25,28)(H,26,29). The third-order valence-corrected chi connectivity index (χ3v) is 4.32. The van der Waals surface area contributed by atoms with E-state index < -0.39 is 5.91 Å². The predicted molar refractivity (Wildman–Crippen MR) is 114 cm³/mol. The van der Waals surface area contributed by atoms with Crippen LogP contribution in [-0.4, -0.2) is 36.1 Å². The monoisotopic (exact) mass is 419 g/mol. The minimum atomic E-state index is -0.607. The number of benzene rings is 3. The van der Waals surface area contributed by atoms with Gasteiger partial charge in [0.05, 0.1) is 6.54 Å². The second-order valence-corrected chi connectivity index (χ2v) is 6.47. The molecule has 0 saturated carbocycles. The van der Waals surface area contributed by atoms with Gasteiger partial charge < -0.3 is 15.4 Å². The molecule has 8 nitrogen and oxygen atoms in total. The average molecular weight is 419 g/mol. The van der Waals surface area contributed by atoms with Crippen LogP contribution in [0.15, 0.2) is 78.9 Å². The fourth-order valence-corrected chi connectivity index (χ4v) is 2.70. The largest absolute Gasteiger partial charge is 0.492 e. The molecule has 0 fully saturated rings. The highest BCUT2D eigenvalue weighted by Crippen LogP contribution is 2.13. The summed E-state index contributed by atoms with van der Waals surface area (Å²) in [5.41, 5.74) is 3.45. The molecule has 3 aromatic carbocycles. The molecule has 0 bridgehead atoms. The molecule has 0 aliphatic rings. The van der Waals surface area contributed by atoms with E-state index in [1.807, 2.05) is 6.07 Å². The first-order chi connectivity index (χ1) is 15.1. The Morgan fingerprint density at radius 3 is 1.94 bits per heavy atom. The number of nitrogens with one attached hydrogen (secondary N) is 3. The molecule has 8 heteroatoms. The van der Waals surface area contributed by atoms with Crippen molar-refractivity contribution in [2.24, 2.45) is 0 Å². The van der Waals surface area contributed by atoms with Crippen LogP contribution in [0.5, 0.6) is 5.75 Å².